The Morgan fingerprint density at radius 2 is 2.22 bits per heavy atom. The molecule has 0 bridgehead atoms. The smallest absolute Gasteiger partial charge is 0.0854 e. The number of thiazole rings is 1. The van der Waals surface area contributed by atoms with E-state index >= 15 is 0 Å². The van der Waals surface area contributed by atoms with Crippen molar-refractivity contribution in [3.63, 3.8) is 0 Å². The molecule has 1 aliphatic rings. The maximum absolute atomic E-state index is 6.05. The van der Waals surface area contributed by atoms with Gasteiger partial charge in [0.1, 0.15) is 0 Å². The van der Waals surface area contributed by atoms with Gasteiger partial charge < -0.3 is 4.74 Å². The van der Waals surface area contributed by atoms with E-state index in [0.29, 0.717) is 6.04 Å². The zero-order valence-corrected chi connectivity index (χ0v) is 14.7. The minimum atomic E-state index is 0.255. The third kappa shape index (κ3) is 4.61. The summed E-state index contributed by atoms with van der Waals surface area (Å²) in [5, 5.41) is 0. The highest BCUT2D eigenvalue weighted by atomic mass is 32.1. The minimum Gasteiger partial charge on any atom is -0.374 e. The number of aromatic nitrogens is 1. The summed E-state index contributed by atoms with van der Waals surface area (Å²) in [4.78, 5) is 10.3. The molecule has 5 heteroatoms. The van der Waals surface area contributed by atoms with E-state index in [1.807, 2.05) is 11.7 Å². The molecular weight excluding hydrogens is 306 g/mol. The van der Waals surface area contributed by atoms with Gasteiger partial charge in [-0.05, 0) is 19.5 Å². The van der Waals surface area contributed by atoms with E-state index in [1.54, 1.807) is 11.3 Å². The predicted octanol–water partition coefficient (Wildman–Crippen LogP) is 2.86. The van der Waals surface area contributed by atoms with Gasteiger partial charge in [0.25, 0.3) is 0 Å². The fourth-order valence-corrected chi connectivity index (χ4v) is 3.66. The van der Waals surface area contributed by atoms with Crippen molar-refractivity contribution in [3.8, 4) is 0 Å². The molecule has 2 heterocycles. The Bertz CT molecular complexity index is 575. The van der Waals surface area contributed by atoms with Crippen LogP contribution in [0.2, 0.25) is 0 Å². The third-order valence-electron chi connectivity index (χ3n) is 4.55. The van der Waals surface area contributed by atoms with Crippen molar-refractivity contribution in [1.82, 2.24) is 14.8 Å². The van der Waals surface area contributed by atoms with Gasteiger partial charge in [0.2, 0.25) is 0 Å². The SMILES string of the molecule is C[C@@H]([C@@H]1CN(Cc2ccccc2)CCO1)N(C)Cc1cncs1. The van der Waals surface area contributed by atoms with Gasteiger partial charge in [-0.1, -0.05) is 30.3 Å². The maximum Gasteiger partial charge on any atom is 0.0854 e. The molecule has 0 radical (unpaired) electrons. The van der Waals surface area contributed by atoms with Crippen molar-refractivity contribution in [2.45, 2.75) is 32.2 Å². The maximum atomic E-state index is 6.05. The first-order chi connectivity index (χ1) is 11.2. The average Bonchev–Trinajstić information content (AvgIpc) is 3.08. The molecule has 124 valence electrons. The molecule has 0 saturated carbocycles. The summed E-state index contributed by atoms with van der Waals surface area (Å²) in [5.41, 5.74) is 3.27. The summed E-state index contributed by atoms with van der Waals surface area (Å²) in [6.45, 7) is 7.02. The van der Waals surface area contributed by atoms with Crippen LogP contribution in [0.25, 0.3) is 0 Å². The van der Waals surface area contributed by atoms with Crippen LogP contribution in [0.4, 0.5) is 0 Å². The highest BCUT2D eigenvalue weighted by Crippen LogP contribution is 2.18. The number of likely N-dealkylation sites (N-methyl/N-ethyl adjacent to an activating group) is 1. The van der Waals surface area contributed by atoms with Gasteiger partial charge in [-0.25, -0.2) is 0 Å². The van der Waals surface area contributed by atoms with Gasteiger partial charge in [0.05, 0.1) is 18.2 Å². The first-order valence-electron chi connectivity index (χ1n) is 8.18. The van der Waals surface area contributed by atoms with Crippen LogP contribution in [-0.2, 0) is 17.8 Å². The summed E-state index contributed by atoms with van der Waals surface area (Å²) in [6, 6.07) is 11.1. The van der Waals surface area contributed by atoms with Crippen LogP contribution < -0.4 is 0 Å². The molecule has 2 atom stereocenters. The standard InChI is InChI=1S/C18H25N3OS/c1-15(20(2)12-17-10-19-14-23-17)18-13-21(8-9-22-18)11-16-6-4-3-5-7-16/h3-7,10,14-15,18H,8-9,11-13H2,1-2H3/t15-,18-/m0/s1. The van der Waals surface area contributed by atoms with E-state index < -0.39 is 0 Å². The second kappa shape index (κ2) is 8.02. The van der Waals surface area contributed by atoms with E-state index in [0.717, 1.165) is 32.8 Å². The molecule has 1 fully saturated rings. The van der Waals surface area contributed by atoms with E-state index in [1.165, 1.54) is 10.4 Å². The van der Waals surface area contributed by atoms with E-state index in [4.69, 9.17) is 4.74 Å². The zero-order chi connectivity index (χ0) is 16.1. The lowest BCUT2D eigenvalue weighted by molar-refractivity contribution is -0.0670. The molecule has 0 spiro atoms. The van der Waals surface area contributed by atoms with Crippen molar-refractivity contribution in [2.24, 2.45) is 0 Å². The molecule has 0 amide bonds. The predicted molar refractivity (Wildman–Crippen MR) is 94.5 cm³/mol. The van der Waals surface area contributed by atoms with Crippen LogP contribution in [0, 0.1) is 0 Å². The van der Waals surface area contributed by atoms with Gasteiger partial charge in [-0.3, -0.25) is 14.8 Å². The monoisotopic (exact) mass is 331 g/mol. The number of hydrogen-bond acceptors (Lipinski definition) is 5. The number of nitrogens with zero attached hydrogens (tertiary/aromatic N) is 3. The quantitative estimate of drug-likeness (QED) is 0.814. The van der Waals surface area contributed by atoms with Crippen LogP contribution in [0.15, 0.2) is 42.0 Å². The molecule has 4 nitrogen and oxygen atoms in total. The first-order valence-corrected chi connectivity index (χ1v) is 9.06. The van der Waals surface area contributed by atoms with Crippen molar-refractivity contribution >= 4 is 11.3 Å². The van der Waals surface area contributed by atoms with Gasteiger partial charge in [-0.2, -0.15) is 0 Å². The Kier molecular flexibility index (Phi) is 5.78. The second-order valence-electron chi connectivity index (χ2n) is 6.25. The molecule has 3 rings (SSSR count). The van der Waals surface area contributed by atoms with E-state index in [9.17, 15) is 0 Å². The summed E-state index contributed by atoms with van der Waals surface area (Å²) in [6.07, 6.45) is 2.21. The molecule has 1 aromatic carbocycles. The molecule has 0 N–H and O–H groups in total. The summed E-state index contributed by atoms with van der Waals surface area (Å²) < 4.78 is 6.05. The van der Waals surface area contributed by atoms with Crippen LogP contribution in [0.3, 0.4) is 0 Å². The van der Waals surface area contributed by atoms with E-state index in [2.05, 4.69) is 59.1 Å². The van der Waals surface area contributed by atoms with Crippen molar-refractivity contribution < 1.29 is 4.74 Å². The van der Waals surface area contributed by atoms with Gasteiger partial charge in [-0.15, -0.1) is 11.3 Å². The fourth-order valence-electron chi connectivity index (χ4n) is 3.00. The normalized spacial score (nSPS) is 20.7. The number of ether oxygens (including phenoxy) is 1. The topological polar surface area (TPSA) is 28.6 Å². The molecule has 1 aromatic heterocycles. The number of benzene rings is 1. The molecule has 1 saturated heterocycles. The molecule has 23 heavy (non-hydrogen) atoms. The van der Waals surface area contributed by atoms with Crippen LogP contribution in [0.5, 0.6) is 0 Å². The van der Waals surface area contributed by atoms with Gasteiger partial charge in [0.15, 0.2) is 0 Å². The molecular formula is C18H25N3OS. The highest BCUT2D eigenvalue weighted by molar-refractivity contribution is 7.09. The van der Waals surface area contributed by atoms with Crippen LogP contribution in [-0.4, -0.2) is 53.7 Å². The summed E-state index contributed by atoms with van der Waals surface area (Å²) >= 11 is 1.71. The molecule has 1 aliphatic heterocycles. The van der Waals surface area contributed by atoms with Gasteiger partial charge in [0, 0.05) is 43.3 Å². The lowest BCUT2D eigenvalue weighted by atomic mass is 10.1. The molecule has 0 unspecified atom stereocenters. The highest BCUT2D eigenvalue weighted by Gasteiger charge is 2.28. The van der Waals surface area contributed by atoms with Crippen LogP contribution >= 0.6 is 11.3 Å². The average molecular weight is 331 g/mol. The second-order valence-corrected chi connectivity index (χ2v) is 7.22. The van der Waals surface area contributed by atoms with Crippen molar-refractivity contribution in [3.05, 3.63) is 52.5 Å². The van der Waals surface area contributed by atoms with E-state index in [-0.39, 0.29) is 6.10 Å². The Hall–Kier alpha value is -1.27. The fraction of sp³-hybridized carbons (Fsp3) is 0.500. The largest absolute Gasteiger partial charge is 0.374 e. The minimum absolute atomic E-state index is 0.255. The Balaban J connectivity index is 1.54. The summed E-state index contributed by atoms with van der Waals surface area (Å²) in [5.74, 6) is 0. The Labute approximate surface area is 142 Å². The third-order valence-corrected chi connectivity index (χ3v) is 5.31. The Morgan fingerprint density at radius 3 is 2.96 bits per heavy atom. The molecule has 2 aromatic rings. The summed E-state index contributed by atoms with van der Waals surface area (Å²) in [7, 11) is 2.17. The number of hydrogen-bond donors (Lipinski definition) is 0. The van der Waals surface area contributed by atoms with Crippen molar-refractivity contribution in [1.29, 1.82) is 0 Å². The zero-order valence-electron chi connectivity index (χ0n) is 13.9. The number of morpholine rings is 1. The lowest BCUT2D eigenvalue weighted by Crippen LogP contribution is -2.51. The lowest BCUT2D eigenvalue weighted by Gasteiger charge is -2.39. The van der Waals surface area contributed by atoms with Gasteiger partial charge >= 0.3 is 0 Å². The van der Waals surface area contributed by atoms with Crippen molar-refractivity contribution in [2.75, 3.05) is 26.7 Å². The first kappa shape index (κ1) is 16.6. The Morgan fingerprint density at radius 1 is 1.39 bits per heavy atom. The molecule has 0 aliphatic carbocycles. The van der Waals surface area contributed by atoms with Crippen LogP contribution in [0.1, 0.15) is 17.4 Å². The number of rotatable bonds is 6.